The number of carbonyl (C=O) groups is 2. The van der Waals surface area contributed by atoms with E-state index in [0.717, 1.165) is 30.0 Å². The molecule has 3 rings (SSSR count). The van der Waals surface area contributed by atoms with Gasteiger partial charge in [0.1, 0.15) is 0 Å². The van der Waals surface area contributed by atoms with Gasteiger partial charge in [0.25, 0.3) is 10.0 Å². The maximum absolute atomic E-state index is 12.7. The van der Waals surface area contributed by atoms with Crippen molar-refractivity contribution in [3.05, 3.63) is 66.7 Å². The van der Waals surface area contributed by atoms with Crippen molar-refractivity contribution in [2.45, 2.75) is 127 Å². The number of anilines is 2. The van der Waals surface area contributed by atoms with Crippen molar-refractivity contribution in [3.8, 4) is 0 Å². The summed E-state index contributed by atoms with van der Waals surface area (Å²) in [6.45, 7) is 2.64. The molecular formula is C38H55N3O5S. The van der Waals surface area contributed by atoms with Crippen molar-refractivity contribution in [3.63, 3.8) is 0 Å². The van der Waals surface area contributed by atoms with Crippen LogP contribution in [0.4, 0.5) is 21.0 Å². The first kappa shape index (κ1) is 37.9. The van der Waals surface area contributed by atoms with Crippen LogP contribution < -0.4 is 15.4 Å². The van der Waals surface area contributed by atoms with E-state index in [-0.39, 0.29) is 4.90 Å². The van der Waals surface area contributed by atoms with E-state index >= 15 is 0 Å². The first-order chi connectivity index (χ1) is 22.9. The minimum absolute atomic E-state index is 0.00515. The number of unbranched alkanes of at least 4 members (excludes halogenated alkanes) is 17. The van der Waals surface area contributed by atoms with Gasteiger partial charge in [-0.25, -0.2) is 22.7 Å². The van der Waals surface area contributed by atoms with Crippen molar-refractivity contribution in [1.29, 1.82) is 0 Å². The quantitative estimate of drug-likeness (QED) is 0.0872. The van der Waals surface area contributed by atoms with Gasteiger partial charge in [-0.3, -0.25) is 5.32 Å². The maximum atomic E-state index is 12.7. The zero-order chi connectivity index (χ0) is 33.6. The molecule has 3 amide bonds. The van der Waals surface area contributed by atoms with Crippen molar-refractivity contribution in [1.82, 2.24) is 4.72 Å². The van der Waals surface area contributed by atoms with E-state index in [9.17, 15) is 18.0 Å². The summed E-state index contributed by atoms with van der Waals surface area (Å²) < 4.78 is 32.7. The van der Waals surface area contributed by atoms with Gasteiger partial charge in [-0.05, 0) is 53.6 Å². The predicted molar refractivity (Wildman–Crippen MR) is 193 cm³/mol. The molecule has 0 radical (unpaired) electrons. The molecule has 47 heavy (non-hydrogen) atoms. The molecule has 0 aromatic heterocycles. The van der Waals surface area contributed by atoms with Crippen molar-refractivity contribution < 1.29 is 22.7 Å². The van der Waals surface area contributed by atoms with Gasteiger partial charge in [0.05, 0.1) is 11.5 Å². The normalized spacial score (nSPS) is 11.3. The van der Waals surface area contributed by atoms with E-state index in [1.165, 1.54) is 108 Å². The summed E-state index contributed by atoms with van der Waals surface area (Å²) in [5.41, 5.74) is 0.872. The van der Waals surface area contributed by atoms with Crippen molar-refractivity contribution in [2.75, 3.05) is 17.2 Å². The molecule has 258 valence electrons. The molecule has 8 nitrogen and oxygen atoms in total. The average Bonchev–Trinajstić information content (AvgIpc) is 3.06. The summed E-state index contributed by atoms with van der Waals surface area (Å²) in [4.78, 5) is 24.5. The number of fused-ring (bicyclic) bond motifs is 1. The van der Waals surface area contributed by atoms with E-state index in [1.807, 2.05) is 29.0 Å². The number of sulfonamides is 1. The average molecular weight is 666 g/mol. The molecule has 9 heteroatoms. The highest BCUT2D eigenvalue weighted by Gasteiger charge is 2.18. The van der Waals surface area contributed by atoms with Crippen LogP contribution in [0.2, 0.25) is 0 Å². The molecule has 0 aliphatic heterocycles. The van der Waals surface area contributed by atoms with Gasteiger partial charge in [0.2, 0.25) is 0 Å². The van der Waals surface area contributed by atoms with Gasteiger partial charge in [-0.2, -0.15) is 0 Å². The summed E-state index contributed by atoms with van der Waals surface area (Å²) in [5.74, 6) is 0. The molecule has 0 unspecified atom stereocenters. The monoisotopic (exact) mass is 665 g/mol. The minimum Gasteiger partial charge on any atom is -0.449 e. The third-order valence-corrected chi connectivity index (χ3v) is 9.71. The zero-order valence-corrected chi connectivity index (χ0v) is 29.1. The van der Waals surface area contributed by atoms with Gasteiger partial charge in [0.15, 0.2) is 0 Å². The van der Waals surface area contributed by atoms with E-state index in [1.54, 1.807) is 30.3 Å². The fraction of sp³-hybridized carbons (Fsp3) is 0.526. The SMILES string of the molecule is CCCCCCCCCCCCCCCCCCCCOC(=O)Nc1ccc(NC(=O)NS(=O)(=O)c2ccc3ccccc3c2)cc1. The lowest BCUT2D eigenvalue weighted by Gasteiger charge is -2.10. The minimum atomic E-state index is -4.06. The smallest absolute Gasteiger partial charge is 0.411 e. The summed E-state index contributed by atoms with van der Waals surface area (Å²) >= 11 is 0. The van der Waals surface area contributed by atoms with E-state index in [0.29, 0.717) is 18.0 Å². The van der Waals surface area contributed by atoms with Crippen molar-refractivity contribution in [2.24, 2.45) is 0 Å². The number of nitrogens with one attached hydrogen (secondary N) is 3. The first-order valence-electron chi connectivity index (χ1n) is 17.7. The van der Waals surface area contributed by atoms with E-state index < -0.39 is 22.1 Å². The lowest BCUT2D eigenvalue weighted by molar-refractivity contribution is 0.159. The molecule has 3 aromatic rings. The molecule has 0 fully saturated rings. The number of urea groups is 1. The fourth-order valence-electron chi connectivity index (χ4n) is 5.63. The van der Waals surface area contributed by atoms with Gasteiger partial charge in [-0.1, -0.05) is 146 Å². The standard InChI is InChI=1S/C38H55N3O5S/c1-2-3-4-5-6-7-8-9-10-11-12-13-14-15-16-17-18-21-30-46-38(43)40-35-27-25-34(26-28-35)39-37(42)41-47(44,45)36-29-24-32-22-19-20-23-33(32)31-36/h19-20,22-29,31H,2-18,21,30H2,1H3,(H,40,43)(H2,39,41,42). The van der Waals surface area contributed by atoms with Gasteiger partial charge >= 0.3 is 12.1 Å². The molecule has 0 heterocycles. The highest BCUT2D eigenvalue weighted by molar-refractivity contribution is 7.90. The van der Waals surface area contributed by atoms with Crippen molar-refractivity contribution >= 4 is 44.3 Å². The lowest BCUT2D eigenvalue weighted by atomic mass is 10.0. The largest absolute Gasteiger partial charge is 0.449 e. The summed E-state index contributed by atoms with van der Waals surface area (Å²) in [6, 6.07) is 17.5. The van der Waals surface area contributed by atoms with Crippen LogP contribution in [0.5, 0.6) is 0 Å². The van der Waals surface area contributed by atoms with E-state index in [2.05, 4.69) is 17.6 Å². The Kier molecular flexibility index (Phi) is 17.8. The Bertz CT molecular complexity index is 1440. The Morgan fingerprint density at radius 2 is 1.04 bits per heavy atom. The Balaban J connectivity index is 1.17. The number of hydrogen-bond acceptors (Lipinski definition) is 5. The molecule has 3 N–H and O–H groups in total. The molecule has 0 aliphatic carbocycles. The van der Waals surface area contributed by atoms with Crippen LogP contribution >= 0.6 is 0 Å². The zero-order valence-electron chi connectivity index (χ0n) is 28.2. The molecule has 0 saturated carbocycles. The number of ether oxygens (including phenoxy) is 1. The Morgan fingerprint density at radius 3 is 1.57 bits per heavy atom. The second kappa shape index (κ2) is 22.1. The highest BCUT2D eigenvalue weighted by Crippen LogP contribution is 2.20. The molecule has 0 atom stereocenters. The number of carbonyl (C=O) groups excluding carboxylic acids is 2. The number of rotatable bonds is 23. The van der Waals surface area contributed by atoms with Crippen LogP contribution in [0.25, 0.3) is 10.8 Å². The second-order valence-corrected chi connectivity index (χ2v) is 14.1. The lowest BCUT2D eigenvalue weighted by Crippen LogP contribution is -2.34. The molecule has 0 bridgehead atoms. The van der Waals surface area contributed by atoms with E-state index in [4.69, 9.17) is 4.74 Å². The molecule has 0 saturated heterocycles. The van der Waals surface area contributed by atoms with Crippen LogP contribution in [0.15, 0.2) is 71.6 Å². The Labute approximate surface area is 282 Å². The molecular weight excluding hydrogens is 611 g/mol. The third-order valence-electron chi connectivity index (χ3n) is 8.38. The molecule has 0 spiro atoms. The Morgan fingerprint density at radius 1 is 0.574 bits per heavy atom. The van der Waals surface area contributed by atoms with Gasteiger partial charge in [0, 0.05) is 11.4 Å². The number of hydrogen-bond donors (Lipinski definition) is 3. The van der Waals surface area contributed by atoms with Crippen LogP contribution in [0.1, 0.15) is 122 Å². The molecule has 0 aliphatic rings. The van der Waals surface area contributed by atoms with Gasteiger partial charge in [-0.15, -0.1) is 0 Å². The van der Waals surface area contributed by atoms with Crippen LogP contribution in [0, 0.1) is 0 Å². The maximum Gasteiger partial charge on any atom is 0.411 e. The number of benzene rings is 3. The summed E-state index contributed by atoms with van der Waals surface area (Å²) in [6.07, 6.45) is 23.1. The first-order valence-corrected chi connectivity index (χ1v) is 19.2. The van der Waals surface area contributed by atoms with Crippen LogP contribution in [0.3, 0.4) is 0 Å². The fourth-order valence-corrected chi connectivity index (χ4v) is 6.57. The predicted octanol–water partition coefficient (Wildman–Crippen LogP) is 10.9. The second-order valence-electron chi connectivity index (χ2n) is 12.4. The van der Waals surface area contributed by atoms with Crippen LogP contribution in [-0.2, 0) is 14.8 Å². The summed E-state index contributed by atoms with van der Waals surface area (Å²) in [5, 5.41) is 6.83. The molecule has 3 aromatic carbocycles. The third kappa shape index (κ3) is 15.7. The van der Waals surface area contributed by atoms with Gasteiger partial charge < -0.3 is 10.1 Å². The topological polar surface area (TPSA) is 114 Å². The summed E-state index contributed by atoms with van der Waals surface area (Å²) in [7, 11) is -4.06. The Hall–Kier alpha value is -3.59. The number of amides is 3. The highest BCUT2D eigenvalue weighted by atomic mass is 32.2. The van der Waals surface area contributed by atoms with Crippen LogP contribution in [-0.4, -0.2) is 27.1 Å².